The molecular weight excluding hydrogens is 390 g/mol. The lowest BCUT2D eigenvalue weighted by molar-refractivity contribution is 0.513. The molecule has 150 valence electrons. The number of hydrogen-bond acceptors (Lipinski definition) is 8. The van der Waals surface area contributed by atoms with Gasteiger partial charge in [-0.25, -0.2) is 23.4 Å². The van der Waals surface area contributed by atoms with E-state index < -0.39 is 9.84 Å². The second-order valence-electron chi connectivity index (χ2n) is 7.18. The van der Waals surface area contributed by atoms with Gasteiger partial charge in [-0.2, -0.15) is 5.26 Å². The first-order chi connectivity index (χ1) is 13.9. The van der Waals surface area contributed by atoms with Gasteiger partial charge in [0.05, 0.1) is 17.0 Å². The molecule has 1 aromatic carbocycles. The minimum atomic E-state index is -3.42. The number of anilines is 2. The number of nitrogens with zero attached hydrogens (tertiary/aromatic N) is 5. The molecule has 0 radical (unpaired) electrons. The van der Waals surface area contributed by atoms with Crippen molar-refractivity contribution in [2.75, 3.05) is 17.3 Å². The third-order valence-electron chi connectivity index (χ3n) is 5.25. The topological polar surface area (TPSA) is 140 Å². The molecule has 0 aliphatic heterocycles. The Kier molecular flexibility index (Phi) is 4.84. The number of rotatable bonds is 5. The summed E-state index contributed by atoms with van der Waals surface area (Å²) in [6.45, 7) is 0.277. The highest BCUT2D eigenvalue weighted by molar-refractivity contribution is 7.91. The molecule has 0 amide bonds. The van der Waals surface area contributed by atoms with Gasteiger partial charge in [-0.15, -0.1) is 0 Å². The largest absolute Gasteiger partial charge is 0.382 e. The molecule has 3 N–H and O–H groups in total. The van der Waals surface area contributed by atoms with Gasteiger partial charge in [-0.3, -0.25) is 0 Å². The molecule has 0 saturated heterocycles. The molecule has 1 aliphatic rings. The van der Waals surface area contributed by atoms with Gasteiger partial charge in [-0.05, 0) is 25.0 Å². The maximum absolute atomic E-state index is 12.3. The minimum absolute atomic E-state index is 0.105. The number of aromatic nitrogens is 4. The van der Waals surface area contributed by atoms with Gasteiger partial charge >= 0.3 is 0 Å². The van der Waals surface area contributed by atoms with E-state index in [1.54, 1.807) is 12.1 Å². The van der Waals surface area contributed by atoms with Gasteiger partial charge in [0.25, 0.3) is 0 Å². The van der Waals surface area contributed by atoms with E-state index in [0.29, 0.717) is 17.2 Å². The molecular formula is C19H21N7O2S. The number of benzene rings is 1. The number of hydrogen-bond donors (Lipinski definition) is 2. The average molecular weight is 411 g/mol. The lowest BCUT2D eigenvalue weighted by Crippen LogP contribution is -2.14. The monoisotopic (exact) mass is 411 g/mol. The Hall–Kier alpha value is -3.19. The molecule has 29 heavy (non-hydrogen) atoms. The second-order valence-corrected chi connectivity index (χ2v) is 9.16. The van der Waals surface area contributed by atoms with Crippen molar-refractivity contribution in [3.63, 3.8) is 0 Å². The highest BCUT2D eigenvalue weighted by Crippen LogP contribution is 2.35. The van der Waals surface area contributed by atoms with Gasteiger partial charge in [-0.1, -0.05) is 18.9 Å². The number of nitrogens with one attached hydrogen (secondary N) is 1. The van der Waals surface area contributed by atoms with Crippen molar-refractivity contribution in [3.05, 3.63) is 35.9 Å². The van der Waals surface area contributed by atoms with Crippen molar-refractivity contribution >= 4 is 32.5 Å². The normalized spacial score (nSPS) is 14.9. The van der Waals surface area contributed by atoms with Crippen LogP contribution >= 0.6 is 0 Å². The molecule has 9 nitrogen and oxygen atoms in total. The summed E-state index contributed by atoms with van der Waals surface area (Å²) in [7, 11) is -3.42. The van der Waals surface area contributed by atoms with Crippen LogP contribution < -0.4 is 11.1 Å². The molecule has 4 rings (SSSR count). The maximum Gasteiger partial charge on any atom is 0.177 e. The maximum atomic E-state index is 12.3. The zero-order valence-corrected chi connectivity index (χ0v) is 16.8. The van der Waals surface area contributed by atoms with Crippen molar-refractivity contribution in [2.24, 2.45) is 0 Å². The summed E-state index contributed by atoms with van der Waals surface area (Å²) in [5.41, 5.74) is 7.21. The number of sulfone groups is 1. The molecule has 1 fully saturated rings. The minimum Gasteiger partial charge on any atom is -0.382 e. The molecule has 3 aromatic rings. The summed E-state index contributed by atoms with van der Waals surface area (Å²) in [4.78, 5) is 12.8. The van der Waals surface area contributed by atoms with Gasteiger partial charge in [0.2, 0.25) is 0 Å². The molecule has 1 aliphatic carbocycles. The fourth-order valence-electron chi connectivity index (χ4n) is 3.94. The number of imidazole rings is 1. The van der Waals surface area contributed by atoms with Crippen LogP contribution in [0.4, 0.5) is 11.6 Å². The lowest BCUT2D eigenvalue weighted by Gasteiger charge is -2.17. The van der Waals surface area contributed by atoms with E-state index in [4.69, 9.17) is 5.73 Å². The summed E-state index contributed by atoms with van der Waals surface area (Å²) in [5, 5.41) is 12.4. The molecule has 0 bridgehead atoms. The Morgan fingerprint density at radius 2 is 2.07 bits per heavy atom. The van der Waals surface area contributed by atoms with Crippen molar-refractivity contribution in [3.8, 4) is 6.07 Å². The predicted octanol–water partition coefficient (Wildman–Crippen LogP) is 2.41. The van der Waals surface area contributed by atoms with Crippen LogP contribution in [0.5, 0.6) is 0 Å². The van der Waals surface area contributed by atoms with Gasteiger partial charge < -0.3 is 15.6 Å². The highest BCUT2D eigenvalue weighted by atomic mass is 32.2. The standard InChI is InChI=1S/C19H21N7O2S/c1-29(27,28)15-8-4-7-14-17(15)25-16(26(14)12-5-2-3-6-12)10-22-19-13(9-20)18(21)23-11-24-19/h4,7-8,11-12H,2-3,5-6,10H2,1H3,(H3,21,22,23,24). The van der Waals surface area contributed by atoms with E-state index in [1.807, 2.05) is 12.1 Å². The van der Waals surface area contributed by atoms with Crippen molar-refractivity contribution in [1.82, 2.24) is 19.5 Å². The van der Waals surface area contributed by atoms with Crippen LogP contribution in [-0.2, 0) is 16.4 Å². The Morgan fingerprint density at radius 3 is 2.76 bits per heavy atom. The Morgan fingerprint density at radius 1 is 1.31 bits per heavy atom. The first-order valence-corrected chi connectivity index (χ1v) is 11.2. The quantitative estimate of drug-likeness (QED) is 0.652. The summed E-state index contributed by atoms with van der Waals surface area (Å²) in [5.74, 6) is 1.13. The van der Waals surface area contributed by atoms with E-state index in [-0.39, 0.29) is 28.9 Å². The molecule has 0 spiro atoms. The number of nitrogens with two attached hydrogens (primary N) is 1. The number of para-hydroxylation sites is 1. The molecule has 1 saturated carbocycles. The third-order valence-corrected chi connectivity index (χ3v) is 6.38. The van der Waals surface area contributed by atoms with Gasteiger partial charge in [0.15, 0.2) is 9.84 Å². The summed E-state index contributed by atoms with van der Waals surface area (Å²) in [6.07, 6.45) is 6.78. The van der Waals surface area contributed by atoms with Gasteiger partial charge in [0.1, 0.15) is 40.9 Å². The van der Waals surface area contributed by atoms with Crippen LogP contribution in [0, 0.1) is 11.3 Å². The van der Waals surface area contributed by atoms with Crippen molar-refractivity contribution < 1.29 is 8.42 Å². The third kappa shape index (κ3) is 3.49. The van der Waals surface area contributed by atoms with E-state index in [9.17, 15) is 13.7 Å². The molecule has 0 atom stereocenters. The number of nitrogen functional groups attached to an aromatic ring is 1. The fraction of sp³-hybridized carbons (Fsp3) is 0.368. The Bertz CT molecular complexity index is 1220. The SMILES string of the molecule is CS(=O)(=O)c1cccc2c1nc(CNc1ncnc(N)c1C#N)n2C1CCCC1. The first kappa shape index (κ1) is 19.1. The highest BCUT2D eigenvalue weighted by Gasteiger charge is 2.25. The van der Waals surface area contributed by atoms with E-state index in [0.717, 1.165) is 31.2 Å². The first-order valence-electron chi connectivity index (χ1n) is 9.34. The lowest BCUT2D eigenvalue weighted by atomic mass is 10.2. The predicted molar refractivity (Wildman–Crippen MR) is 109 cm³/mol. The number of nitriles is 1. The van der Waals surface area contributed by atoms with E-state index in [2.05, 4.69) is 24.8 Å². The van der Waals surface area contributed by atoms with Gasteiger partial charge in [0, 0.05) is 12.3 Å². The number of fused-ring (bicyclic) bond motifs is 1. The Balaban J connectivity index is 1.80. The summed E-state index contributed by atoms with van der Waals surface area (Å²) in [6, 6.07) is 7.51. The van der Waals surface area contributed by atoms with Crippen LogP contribution in [0.3, 0.4) is 0 Å². The average Bonchev–Trinajstić information content (AvgIpc) is 3.32. The van der Waals surface area contributed by atoms with Crippen LogP contribution in [-0.4, -0.2) is 34.2 Å². The zero-order chi connectivity index (χ0) is 20.6. The van der Waals surface area contributed by atoms with Crippen LogP contribution in [0.15, 0.2) is 29.4 Å². The van der Waals surface area contributed by atoms with Crippen LogP contribution in [0.1, 0.15) is 43.1 Å². The molecule has 10 heteroatoms. The second kappa shape index (κ2) is 7.33. The zero-order valence-electron chi connectivity index (χ0n) is 16.0. The van der Waals surface area contributed by atoms with Crippen LogP contribution in [0.2, 0.25) is 0 Å². The fourth-order valence-corrected chi connectivity index (χ4v) is 4.77. The smallest absolute Gasteiger partial charge is 0.177 e. The Labute approximate surface area is 168 Å². The molecule has 2 aromatic heterocycles. The van der Waals surface area contributed by atoms with Crippen molar-refractivity contribution in [1.29, 1.82) is 5.26 Å². The van der Waals surface area contributed by atoms with E-state index >= 15 is 0 Å². The summed E-state index contributed by atoms with van der Waals surface area (Å²) < 4.78 is 26.6. The molecule has 2 heterocycles. The summed E-state index contributed by atoms with van der Waals surface area (Å²) >= 11 is 0. The molecule has 0 unspecified atom stereocenters. The van der Waals surface area contributed by atoms with E-state index in [1.165, 1.54) is 12.6 Å². The van der Waals surface area contributed by atoms with Crippen LogP contribution in [0.25, 0.3) is 11.0 Å². The van der Waals surface area contributed by atoms with Crippen molar-refractivity contribution in [2.45, 2.75) is 43.2 Å².